The Balaban J connectivity index is 2.40. The predicted octanol–water partition coefficient (Wildman–Crippen LogP) is 3.05. The van der Waals surface area contributed by atoms with Crippen LogP contribution in [0, 0.1) is 0 Å². The van der Waals surface area contributed by atoms with Gasteiger partial charge in [-0.3, -0.25) is 4.79 Å². The summed E-state index contributed by atoms with van der Waals surface area (Å²) in [6.07, 6.45) is 3.35. The third-order valence-corrected chi connectivity index (χ3v) is 2.77. The normalized spacial score (nSPS) is 10.2. The SMILES string of the molecule is CCC(=O)CCCc1ccc(N(C)C)cc1. The highest BCUT2D eigenvalue weighted by atomic mass is 16.1. The van der Waals surface area contributed by atoms with Gasteiger partial charge < -0.3 is 4.90 Å². The van der Waals surface area contributed by atoms with Crippen LogP contribution in [0.5, 0.6) is 0 Å². The third kappa shape index (κ3) is 4.05. The highest BCUT2D eigenvalue weighted by molar-refractivity contribution is 5.77. The van der Waals surface area contributed by atoms with Gasteiger partial charge in [-0.05, 0) is 30.5 Å². The van der Waals surface area contributed by atoms with E-state index in [9.17, 15) is 4.79 Å². The van der Waals surface area contributed by atoms with Gasteiger partial charge in [-0.2, -0.15) is 0 Å². The van der Waals surface area contributed by atoms with Gasteiger partial charge in [0.1, 0.15) is 5.78 Å². The molecule has 0 aliphatic rings. The van der Waals surface area contributed by atoms with Crippen LogP contribution in [0.2, 0.25) is 0 Å². The monoisotopic (exact) mass is 219 g/mol. The Morgan fingerprint density at radius 1 is 1.19 bits per heavy atom. The lowest BCUT2D eigenvalue weighted by Crippen LogP contribution is -2.08. The molecule has 0 bridgehead atoms. The molecule has 16 heavy (non-hydrogen) atoms. The van der Waals surface area contributed by atoms with Gasteiger partial charge in [0.2, 0.25) is 0 Å². The van der Waals surface area contributed by atoms with E-state index < -0.39 is 0 Å². The fraction of sp³-hybridized carbons (Fsp3) is 0.500. The van der Waals surface area contributed by atoms with E-state index in [0.29, 0.717) is 18.6 Å². The molecule has 2 nitrogen and oxygen atoms in total. The first-order valence-electron chi connectivity index (χ1n) is 5.91. The van der Waals surface area contributed by atoms with E-state index >= 15 is 0 Å². The Bertz CT molecular complexity index is 327. The summed E-state index contributed by atoms with van der Waals surface area (Å²) in [6.45, 7) is 1.92. The Kier molecular flexibility index (Phi) is 5.03. The summed E-state index contributed by atoms with van der Waals surface area (Å²) in [5.74, 6) is 0.366. The van der Waals surface area contributed by atoms with Crippen LogP contribution < -0.4 is 4.90 Å². The molecule has 1 rings (SSSR count). The van der Waals surface area contributed by atoms with E-state index in [1.54, 1.807) is 0 Å². The topological polar surface area (TPSA) is 20.3 Å². The quantitative estimate of drug-likeness (QED) is 0.733. The molecular formula is C14H21NO. The van der Waals surface area contributed by atoms with Crippen molar-refractivity contribution in [3.05, 3.63) is 29.8 Å². The van der Waals surface area contributed by atoms with Crippen molar-refractivity contribution >= 4 is 11.5 Å². The van der Waals surface area contributed by atoms with Crippen LogP contribution in [-0.4, -0.2) is 19.9 Å². The first-order chi connectivity index (χ1) is 7.63. The second-order valence-corrected chi connectivity index (χ2v) is 4.31. The van der Waals surface area contributed by atoms with Crippen LogP contribution >= 0.6 is 0 Å². The van der Waals surface area contributed by atoms with Gasteiger partial charge in [-0.15, -0.1) is 0 Å². The van der Waals surface area contributed by atoms with E-state index in [1.165, 1.54) is 11.3 Å². The molecular weight excluding hydrogens is 198 g/mol. The predicted molar refractivity (Wildman–Crippen MR) is 69.0 cm³/mol. The molecule has 2 heteroatoms. The number of anilines is 1. The van der Waals surface area contributed by atoms with Gasteiger partial charge in [-0.25, -0.2) is 0 Å². The second-order valence-electron chi connectivity index (χ2n) is 4.31. The summed E-state index contributed by atoms with van der Waals surface area (Å²) >= 11 is 0. The van der Waals surface area contributed by atoms with Crippen molar-refractivity contribution in [3.63, 3.8) is 0 Å². The molecule has 0 fully saturated rings. The maximum atomic E-state index is 11.1. The Morgan fingerprint density at radius 3 is 2.31 bits per heavy atom. The molecule has 1 aromatic carbocycles. The van der Waals surface area contributed by atoms with Gasteiger partial charge in [0.25, 0.3) is 0 Å². The molecule has 0 unspecified atom stereocenters. The van der Waals surface area contributed by atoms with Gasteiger partial charge in [0.05, 0.1) is 0 Å². The molecule has 0 heterocycles. The molecule has 0 aliphatic carbocycles. The number of Topliss-reactive ketones (excluding diaryl/α,β-unsaturated/α-hetero) is 1. The van der Waals surface area contributed by atoms with E-state index in [1.807, 2.05) is 21.0 Å². The van der Waals surface area contributed by atoms with E-state index in [2.05, 4.69) is 29.2 Å². The number of aryl methyl sites for hydroxylation is 1. The standard InChI is InChI=1S/C14H21NO/c1-4-14(16)7-5-6-12-8-10-13(11-9-12)15(2)3/h8-11H,4-7H2,1-3H3. The van der Waals surface area contributed by atoms with Gasteiger partial charge in [-0.1, -0.05) is 19.1 Å². The van der Waals surface area contributed by atoms with Crippen LogP contribution in [-0.2, 0) is 11.2 Å². The molecule has 0 amide bonds. The van der Waals surface area contributed by atoms with Crippen LogP contribution in [0.3, 0.4) is 0 Å². The number of ketones is 1. The van der Waals surface area contributed by atoms with Gasteiger partial charge in [0, 0.05) is 32.6 Å². The number of carbonyl (C=O) groups is 1. The van der Waals surface area contributed by atoms with Crippen molar-refractivity contribution in [2.75, 3.05) is 19.0 Å². The average molecular weight is 219 g/mol. The van der Waals surface area contributed by atoms with E-state index in [-0.39, 0.29) is 0 Å². The largest absolute Gasteiger partial charge is 0.378 e. The highest BCUT2D eigenvalue weighted by Crippen LogP contribution is 2.14. The molecule has 88 valence electrons. The van der Waals surface area contributed by atoms with Crippen LogP contribution in [0.25, 0.3) is 0 Å². The number of hydrogen-bond donors (Lipinski definition) is 0. The zero-order chi connectivity index (χ0) is 12.0. The van der Waals surface area contributed by atoms with Crippen molar-refractivity contribution in [3.8, 4) is 0 Å². The minimum Gasteiger partial charge on any atom is -0.378 e. The molecule has 0 aromatic heterocycles. The summed E-state index contributed by atoms with van der Waals surface area (Å²) in [7, 11) is 4.07. The smallest absolute Gasteiger partial charge is 0.132 e. The zero-order valence-electron chi connectivity index (χ0n) is 10.5. The first kappa shape index (κ1) is 12.8. The van der Waals surface area contributed by atoms with Crippen molar-refractivity contribution < 1.29 is 4.79 Å². The summed E-state index contributed by atoms with van der Waals surface area (Å²) in [5, 5.41) is 0. The number of rotatable bonds is 6. The lowest BCUT2D eigenvalue weighted by molar-refractivity contribution is -0.118. The molecule has 0 spiro atoms. The Morgan fingerprint density at radius 2 is 1.81 bits per heavy atom. The zero-order valence-corrected chi connectivity index (χ0v) is 10.5. The maximum Gasteiger partial charge on any atom is 0.132 e. The Labute approximate surface area is 98.3 Å². The molecule has 0 saturated heterocycles. The average Bonchev–Trinajstić information content (AvgIpc) is 2.29. The molecule has 1 aromatic rings. The summed E-state index contributed by atoms with van der Waals surface area (Å²) in [6, 6.07) is 8.53. The number of hydrogen-bond acceptors (Lipinski definition) is 2. The number of benzene rings is 1. The van der Waals surface area contributed by atoms with Crippen molar-refractivity contribution in [1.29, 1.82) is 0 Å². The van der Waals surface area contributed by atoms with Crippen molar-refractivity contribution in [2.45, 2.75) is 32.6 Å². The highest BCUT2D eigenvalue weighted by Gasteiger charge is 2.00. The fourth-order valence-electron chi connectivity index (χ4n) is 1.63. The van der Waals surface area contributed by atoms with Crippen LogP contribution in [0.15, 0.2) is 24.3 Å². The summed E-state index contributed by atoms with van der Waals surface area (Å²) in [4.78, 5) is 13.2. The minimum absolute atomic E-state index is 0.366. The molecule has 0 N–H and O–H groups in total. The van der Waals surface area contributed by atoms with Crippen LogP contribution in [0.4, 0.5) is 5.69 Å². The van der Waals surface area contributed by atoms with Crippen molar-refractivity contribution in [2.24, 2.45) is 0 Å². The molecule has 0 radical (unpaired) electrons. The van der Waals surface area contributed by atoms with Gasteiger partial charge in [0.15, 0.2) is 0 Å². The third-order valence-electron chi connectivity index (χ3n) is 2.77. The van der Waals surface area contributed by atoms with Crippen LogP contribution in [0.1, 0.15) is 31.7 Å². The second kappa shape index (κ2) is 6.31. The van der Waals surface area contributed by atoms with E-state index in [4.69, 9.17) is 0 Å². The molecule has 0 atom stereocenters. The lowest BCUT2D eigenvalue weighted by Gasteiger charge is -2.12. The van der Waals surface area contributed by atoms with Crippen molar-refractivity contribution in [1.82, 2.24) is 0 Å². The fourth-order valence-corrected chi connectivity index (χ4v) is 1.63. The first-order valence-corrected chi connectivity index (χ1v) is 5.91. The van der Waals surface area contributed by atoms with Gasteiger partial charge >= 0.3 is 0 Å². The summed E-state index contributed by atoms with van der Waals surface area (Å²) in [5.41, 5.74) is 2.53. The number of carbonyl (C=O) groups excluding carboxylic acids is 1. The molecule has 0 aliphatic heterocycles. The maximum absolute atomic E-state index is 11.1. The lowest BCUT2D eigenvalue weighted by atomic mass is 10.1. The Hall–Kier alpha value is -1.31. The van der Waals surface area contributed by atoms with E-state index in [0.717, 1.165) is 12.8 Å². The summed E-state index contributed by atoms with van der Waals surface area (Å²) < 4.78 is 0. The minimum atomic E-state index is 0.366. The molecule has 0 saturated carbocycles. The number of nitrogens with zero attached hydrogens (tertiary/aromatic N) is 1.